The van der Waals surface area contributed by atoms with E-state index in [1.807, 2.05) is 0 Å². The minimum atomic E-state index is -4.55. The molecule has 122 valence electrons. The van der Waals surface area contributed by atoms with Crippen LogP contribution < -0.4 is 15.4 Å². The first-order valence-electron chi connectivity index (χ1n) is 6.69. The van der Waals surface area contributed by atoms with Crippen LogP contribution in [0.3, 0.4) is 0 Å². The van der Waals surface area contributed by atoms with Crippen molar-refractivity contribution in [2.45, 2.75) is 6.18 Å². The van der Waals surface area contributed by atoms with Crippen molar-refractivity contribution in [3.05, 3.63) is 53.6 Å². The van der Waals surface area contributed by atoms with Crippen LogP contribution in [-0.4, -0.2) is 20.1 Å². The highest BCUT2D eigenvalue weighted by atomic mass is 19.4. The van der Waals surface area contributed by atoms with E-state index in [1.165, 1.54) is 26.3 Å². The van der Waals surface area contributed by atoms with E-state index in [1.54, 1.807) is 24.3 Å². The molecule has 0 saturated carbocycles. The fraction of sp³-hybridized carbons (Fsp3) is 0.188. The molecular formula is C16H15F3N2O2. The van der Waals surface area contributed by atoms with Gasteiger partial charge in [-0.3, -0.25) is 4.79 Å². The van der Waals surface area contributed by atoms with Crippen molar-refractivity contribution in [1.29, 1.82) is 0 Å². The minimum Gasteiger partial charge on any atom is -0.497 e. The third-order valence-corrected chi connectivity index (χ3v) is 3.18. The van der Waals surface area contributed by atoms with Crippen molar-refractivity contribution in [1.82, 2.24) is 0 Å². The van der Waals surface area contributed by atoms with Crippen molar-refractivity contribution in [3.63, 3.8) is 0 Å². The van der Waals surface area contributed by atoms with E-state index in [2.05, 4.69) is 10.6 Å². The summed E-state index contributed by atoms with van der Waals surface area (Å²) < 4.78 is 44.1. The lowest BCUT2D eigenvalue weighted by atomic mass is 10.1. The molecule has 2 N–H and O–H groups in total. The van der Waals surface area contributed by atoms with Gasteiger partial charge in [-0.15, -0.1) is 0 Å². The molecular weight excluding hydrogens is 309 g/mol. The molecule has 0 aromatic heterocycles. The van der Waals surface area contributed by atoms with Gasteiger partial charge in [0.15, 0.2) is 0 Å². The number of amides is 1. The summed E-state index contributed by atoms with van der Waals surface area (Å²) in [4.78, 5) is 12.2. The van der Waals surface area contributed by atoms with Crippen LogP contribution in [0.25, 0.3) is 0 Å². The fourth-order valence-electron chi connectivity index (χ4n) is 2.04. The molecule has 7 heteroatoms. The largest absolute Gasteiger partial charge is 0.497 e. The fourth-order valence-corrected chi connectivity index (χ4v) is 2.04. The van der Waals surface area contributed by atoms with E-state index in [9.17, 15) is 18.0 Å². The Morgan fingerprint density at radius 1 is 1.13 bits per heavy atom. The monoisotopic (exact) mass is 324 g/mol. The van der Waals surface area contributed by atoms with E-state index in [0.717, 1.165) is 6.07 Å². The predicted molar refractivity (Wildman–Crippen MR) is 81.9 cm³/mol. The van der Waals surface area contributed by atoms with Crippen molar-refractivity contribution < 1.29 is 22.7 Å². The van der Waals surface area contributed by atoms with Crippen molar-refractivity contribution in [2.24, 2.45) is 0 Å². The van der Waals surface area contributed by atoms with Crippen LogP contribution in [0.2, 0.25) is 0 Å². The summed E-state index contributed by atoms with van der Waals surface area (Å²) in [5.41, 5.74) is -0.631. The maximum Gasteiger partial charge on any atom is 0.418 e. The summed E-state index contributed by atoms with van der Waals surface area (Å²) in [5, 5.41) is 5.01. The highest BCUT2D eigenvalue weighted by Crippen LogP contribution is 2.35. The maximum absolute atomic E-state index is 13.0. The Hall–Kier alpha value is -2.70. The normalized spacial score (nSPS) is 11.0. The highest BCUT2D eigenvalue weighted by molar-refractivity contribution is 6.04. The molecule has 0 radical (unpaired) electrons. The highest BCUT2D eigenvalue weighted by Gasteiger charge is 2.34. The molecule has 4 nitrogen and oxygen atoms in total. The Morgan fingerprint density at radius 3 is 2.48 bits per heavy atom. The first-order valence-corrected chi connectivity index (χ1v) is 6.69. The number of methoxy groups -OCH3 is 1. The number of nitrogens with one attached hydrogen (secondary N) is 2. The molecule has 0 aliphatic carbocycles. The van der Waals surface area contributed by atoms with Gasteiger partial charge < -0.3 is 15.4 Å². The standard InChI is InChI=1S/C16H15F3N2O2/c1-20-14-7-6-10(8-13(14)16(17,18)19)15(22)21-11-4-3-5-12(9-11)23-2/h3-9,20H,1-2H3,(H,21,22). The van der Waals surface area contributed by atoms with Gasteiger partial charge >= 0.3 is 6.18 Å². The topological polar surface area (TPSA) is 50.4 Å². The lowest BCUT2D eigenvalue weighted by Crippen LogP contribution is -2.15. The maximum atomic E-state index is 13.0. The SMILES string of the molecule is CNc1ccc(C(=O)Nc2cccc(OC)c2)cc1C(F)(F)F. The molecule has 0 spiro atoms. The average molecular weight is 324 g/mol. The molecule has 0 heterocycles. The smallest absolute Gasteiger partial charge is 0.418 e. The van der Waals surface area contributed by atoms with Crippen molar-refractivity contribution in [2.75, 3.05) is 24.8 Å². The number of ether oxygens (including phenoxy) is 1. The molecule has 2 aromatic carbocycles. The van der Waals surface area contributed by atoms with E-state index >= 15 is 0 Å². The quantitative estimate of drug-likeness (QED) is 0.893. The van der Waals surface area contributed by atoms with Gasteiger partial charge in [-0.1, -0.05) is 6.07 Å². The van der Waals surface area contributed by atoms with Gasteiger partial charge in [0.05, 0.1) is 12.7 Å². The van der Waals surface area contributed by atoms with Crippen molar-refractivity contribution in [3.8, 4) is 5.75 Å². The third-order valence-electron chi connectivity index (χ3n) is 3.18. The first kappa shape index (κ1) is 16.7. The predicted octanol–water partition coefficient (Wildman–Crippen LogP) is 4.01. The molecule has 0 aliphatic rings. The molecule has 0 atom stereocenters. The van der Waals surface area contributed by atoms with Crippen molar-refractivity contribution >= 4 is 17.3 Å². The van der Waals surface area contributed by atoms with Crippen LogP contribution in [0.15, 0.2) is 42.5 Å². The summed E-state index contributed by atoms with van der Waals surface area (Å²) in [6, 6.07) is 9.93. The Labute approximate surface area is 131 Å². The number of rotatable bonds is 4. The summed E-state index contributed by atoms with van der Waals surface area (Å²) in [5.74, 6) is -0.101. The molecule has 0 fully saturated rings. The first-order chi connectivity index (χ1) is 10.8. The molecule has 2 rings (SSSR count). The Kier molecular flexibility index (Phi) is 4.78. The number of anilines is 2. The van der Waals surface area contributed by atoms with Gasteiger partial charge in [0.2, 0.25) is 0 Å². The molecule has 0 bridgehead atoms. The van der Waals surface area contributed by atoms with Crippen LogP contribution >= 0.6 is 0 Å². The summed E-state index contributed by atoms with van der Waals surface area (Å²) in [7, 11) is 2.87. The molecule has 0 unspecified atom stereocenters. The average Bonchev–Trinajstić information content (AvgIpc) is 2.53. The van der Waals surface area contributed by atoms with E-state index in [-0.39, 0.29) is 11.3 Å². The van der Waals surface area contributed by atoms with Gasteiger partial charge in [-0.25, -0.2) is 0 Å². The lowest BCUT2D eigenvalue weighted by molar-refractivity contribution is -0.136. The molecule has 0 saturated heterocycles. The Bertz CT molecular complexity index is 715. The minimum absolute atomic E-state index is 0.0841. The van der Waals surface area contributed by atoms with Gasteiger partial charge in [-0.2, -0.15) is 13.2 Å². The number of benzene rings is 2. The summed E-state index contributed by atoms with van der Waals surface area (Å²) in [6.07, 6.45) is -4.55. The number of hydrogen-bond acceptors (Lipinski definition) is 3. The zero-order valence-corrected chi connectivity index (χ0v) is 12.5. The van der Waals surface area contributed by atoms with Gasteiger partial charge in [0, 0.05) is 30.1 Å². The van der Waals surface area contributed by atoms with Gasteiger partial charge in [0.1, 0.15) is 5.75 Å². The summed E-state index contributed by atoms with van der Waals surface area (Å²) >= 11 is 0. The molecule has 1 amide bonds. The second-order valence-corrected chi connectivity index (χ2v) is 4.69. The molecule has 23 heavy (non-hydrogen) atoms. The van der Waals surface area contributed by atoms with Crippen LogP contribution in [0, 0.1) is 0 Å². The van der Waals surface area contributed by atoms with E-state index < -0.39 is 17.6 Å². The lowest BCUT2D eigenvalue weighted by Gasteiger charge is -2.14. The van der Waals surface area contributed by atoms with Crippen LogP contribution in [0.4, 0.5) is 24.5 Å². The zero-order valence-electron chi connectivity index (χ0n) is 12.5. The van der Waals surface area contributed by atoms with Gasteiger partial charge in [0.25, 0.3) is 5.91 Å². The summed E-state index contributed by atoms with van der Waals surface area (Å²) in [6.45, 7) is 0. The number of carbonyl (C=O) groups excluding carboxylic acids is 1. The number of alkyl halides is 3. The Balaban J connectivity index is 2.29. The van der Waals surface area contributed by atoms with Crippen LogP contribution in [-0.2, 0) is 6.18 Å². The second-order valence-electron chi connectivity index (χ2n) is 4.69. The third kappa shape index (κ3) is 3.94. The van der Waals surface area contributed by atoms with Crippen LogP contribution in [0.5, 0.6) is 5.75 Å². The number of carbonyl (C=O) groups is 1. The van der Waals surface area contributed by atoms with Gasteiger partial charge in [-0.05, 0) is 30.3 Å². The second kappa shape index (κ2) is 6.60. The molecule has 0 aliphatic heterocycles. The Morgan fingerprint density at radius 2 is 1.87 bits per heavy atom. The van der Waals surface area contributed by atoms with E-state index in [0.29, 0.717) is 11.4 Å². The van der Waals surface area contributed by atoms with E-state index in [4.69, 9.17) is 4.74 Å². The van der Waals surface area contributed by atoms with Crippen LogP contribution in [0.1, 0.15) is 15.9 Å². The molecule has 2 aromatic rings. The number of hydrogen-bond donors (Lipinski definition) is 2. The number of halogens is 3. The zero-order chi connectivity index (χ0) is 17.0.